The molecule has 0 aliphatic carbocycles. The first-order valence-electron chi connectivity index (χ1n) is 4.36. The third kappa shape index (κ3) is 1.48. The van der Waals surface area contributed by atoms with Gasteiger partial charge in [-0.05, 0) is 11.6 Å². The zero-order chi connectivity index (χ0) is 10.8. The van der Waals surface area contributed by atoms with E-state index in [1.807, 2.05) is 0 Å². The number of hydrogen-bond acceptors (Lipinski definition) is 3. The van der Waals surface area contributed by atoms with E-state index in [4.69, 9.17) is 5.11 Å². The molecule has 0 aromatic carbocycles. The third-order valence-electron chi connectivity index (χ3n) is 2.19. The quantitative estimate of drug-likeness (QED) is 0.730. The molecule has 15 heavy (non-hydrogen) atoms. The van der Waals surface area contributed by atoms with E-state index < -0.39 is 5.97 Å². The maximum Gasteiger partial charge on any atom is 0.337 e. The molecule has 0 aliphatic rings. The first kappa shape index (κ1) is 9.39. The summed E-state index contributed by atoms with van der Waals surface area (Å²) in [5.74, 6) is -1.03. The molecule has 0 atom stereocenters. The number of carboxylic acids is 1. The van der Waals surface area contributed by atoms with Gasteiger partial charge in [-0.15, -0.1) is 0 Å². The van der Waals surface area contributed by atoms with Crippen molar-refractivity contribution in [3.63, 3.8) is 0 Å². The second-order valence-corrected chi connectivity index (χ2v) is 3.07. The Bertz CT molecular complexity index is 530. The lowest BCUT2D eigenvalue weighted by Crippen LogP contribution is -1.97. The van der Waals surface area contributed by atoms with Gasteiger partial charge in [-0.2, -0.15) is 0 Å². The highest BCUT2D eigenvalue weighted by atomic mass is 16.4. The summed E-state index contributed by atoms with van der Waals surface area (Å²) in [6.07, 6.45) is 3.86. The van der Waals surface area contributed by atoms with Crippen molar-refractivity contribution in [1.82, 2.24) is 9.97 Å². The summed E-state index contributed by atoms with van der Waals surface area (Å²) < 4.78 is 0. The summed E-state index contributed by atoms with van der Waals surface area (Å²) in [5, 5.41) is 9.44. The molecule has 76 valence electrons. The molecule has 0 amide bonds. The van der Waals surface area contributed by atoms with E-state index in [1.165, 1.54) is 6.20 Å². The fourth-order valence-electron chi connectivity index (χ4n) is 1.55. The zero-order valence-electron chi connectivity index (χ0n) is 7.73. The van der Waals surface area contributed by atoms with Crippen LogP contribution in [0.1, 0.15) is 15.9 Å². The lowest BCUT2D eigenvalue weighted by molar-refractivity contribution is -0.107. The number of rotatable bonds is 3. The van der Waals surface area contributed by atoms with Crippen LogP contribution in [0.25, 0.3) is 11.0 Å². The summed E-state index contributed by atoms with van der Waals surface area (Å²) >= 11 is 0. The number of fused-ring (bicyclic) bond motifs is 1. The van der Waals surface area contributed by atoms with Crippen LogP contribution >= 0.6 is 0 Å². The Kier molecular flexibility index (Phi) is 2.21. The summed E-state index contributed by atoms with van der Waals surface area (Å²) in [4.78, 5) is 28.1. The maximum atomic E-state index is 10.9. The minimum absolute atomic E-state index is 0.148. The zero-order valence-corrected chi connectivity index (χ0v) is 7.73. The van der Waals surface area contributed by atoms with Gasteiger partial charge in [0.1, 0.15) is 11.9 Å². The monoisotopic (exact) mass is 204 g/mol. The predicted octanol–water partition coefficient (Wildman–Crippen LogP) is 1.00. The Morgan fingerprint density at radius 2 is 2.40 bits per heavy atom. The van der Waals surface area contributed by atoms with Crippen molar-refractivity contribution in [2.24, 2.45) is 0 Å². The van der Waals surface area contributed by atoms with Gasteiger partial charge in [-0.3, -0.25) is 0 Å². The molecule has 2 rings (SSSR count). The topological polar surface area (TPSA) is 83.0 Å². The Balaban J connectivity index is 2.74. The van der Waals surface area contributed by atoms with Gasteiger partial charge in [0.25, 0.3) is 0 Å². The minimum atomic E-state index is -1.03. The number of nitrogens with one attached hydrogen (secondary N) is 1. The fraction of sp³-hybridized carbons (Fsp3) is 0.100. The molecule has 0 saturated heterocycles. The minimum Gasteiger partial charge on any atom is -0.478 e. The van der Waals surface area contributed by atoms with Crippen LogP contribution in [0.4, 0.5) is 0 Å². The molecular weight excluding hydrogens is 196 g/mol. The van der Waals surface area contributed by atoms with Gasteiger partial charge in [0.05, 0.1) is 5.56 Å². The van der Waals surface area contributed by atoms with E-state index in [9.17, 15) is 9.59 Å². The van der Waals surface area contributed by atoms with E-state index in [0.717, 1.165) is 6.29 Å². The Labute approximate surface area is 84.8 Å². The first-order chi connectivity index (χ1) is 7.24. The van der Waals surface area contributed by atoms with Crippen molar-refractivity contribution < 1.29 is 14.7 Å². The number of aromatic nitrogens is 2. The van der Waals surface area contributed by atoms with Crippen molar-refractivity contribution in [3.8, 4) is 0 Å². The van der Waals surface area contributed by atoms with E-state index in [2.05, 4.69) is 9.97 Å². The summed E-state index contributed by atoms with van der Waals surface area (Å²) in [6.45, 7) is 0. The number of aromatic amines is 1. The average Bonchev–Trinajstić information content (AvgIpc) is 2.62. The smallest absolute Gasteiger partial charge is 0.337 e. The highest BCUT2D eigenvalue weighted by molar-refractivity contribution is 6.03. The molecule has 0 aliphatic heterocycles. The molecule has 2 N–H and O–H groups in total. The van der Waals surface area contributed by atoms with E-state index in [1.54, 1.807) is 12.3 Å². The van der Waals surface area contributed by atoms with E-state index >= 15 is 0 Å². The van der Waals surface area contributed by atoms with Crippen molar-refractivity contribution in [2.45, 2.75) is 6.42 Å². The van der Waals surface area contributed by atoms with Gasteiger partial charge in [0.2, 0.25) is 0 Å². The second-order valence-electron chi connectivity index (χ2n) is 3.07. The number of H-pyrrole nitrogens is 1. The Morgan fingerprint density at radius 3 is 3.07 bits per heavy atom. The van der Waals surface area contributed by atoms with Gasteiger partial charge in [0.15, 0.2) is 0 Å². The molecule has 0 radical (unpaired) electrons. The lowest BCUT2D eigenvalue weighted by atomic mass is 10.1. The van der Waals surface area contributed by atoms with Crippen molar-refractivity contribution in [1.29, 1.82) is 0 Å². The number of nitrogens with zero attached hydrogens (tertiary/aromatic N) is 1. The van der Waals surface area contributed by atoms with Gasteiger partial charge < -0.3 is 14.9 Å². The summed E-state index contributed by atoms with van der Waals surface area (Å²) in [6, 6.07) is 1.65. The number of pyridine rings is 1. The normalized spacial score (nSPS) is 10.4. The van der Waals surface area contributed by atoms with Crippen LogP contribution in [0, 0.1) is 0 Å². The second kappa shape index (κ2) is 3.53. The van der Waals surface area contributed by atoms with Gasteiger partial charge in [-0.25, -0.2) is 9.78 Å². The Hall–Kier alpha value is -2.17. The molecule has 0 bridgehead atoms. The summed E-state index contributed by atoms with van der Waals surface area (Å²) in [5.41, 5.74) is 1.32. The van der Waals surface area contributed by atoms with Gasteiger partial charge in [-0.1, -0.05) is 0 Å². The SMILES string of the molecule is O=CCc1ccnc2[nH]cc(C(=O)O)c12. The van der Waals surface area contributed by atoms with Crippen LogP contribution in [0.2, 0.25) is 0 Å². The summed E-state index contributed by atoms with van der Waals surface area (Å²) in [7, 11) is 0. The highest BCUT2D eigenvalue weighted by Gasteiger charge is 2.14. The van der Waals surface area contributed by atoms with E-state index in [-0.39, 0.29) is 12.0 Å². The van der Waals surface area contributed by atoms with Crippen LogP contribution in [0.15, 0.2) is 18.5 Å². The number of carbonyl (C=O) groups excluding carboxylic acids is 1. The number of carbonyl (C=O) groups is 2. The fourth-order valence-corrected chi connectivity index (χ4v) is 1.55. The first-order valence-corrected chi connectivity index (χ1v) is 4.36. The molecule has 0 unspecified atom stereocenters. The van der Waals surface area contributed by atoms with Crippen molar-refractivity contribution >= 4 is 23.3 Å². The maximum absolute atomic E-state index is 10.9. The molecule has 5 heteroatoms. The molecule has 2 aromatic rings. The predicted molar refractivity (Wildman–Crippen MR) is 52.8 cm³/mol. The highest BCUT2D eigenvalue weighted by Crippen LogP contribution is 2.20. The molecule has 5 nitrogen and oxygen atoms in total. The third-order valence-corrected chi connectivity index (χ3v) is 2.19. The molecule has 2 heterocycles. The molecule has 0 saturated carbocycles. The van der Waals surface area contributed by atoms with Crippen LogP contribution in [-0.2, 0) is 11.2 Å². The van der Waals surface area contributed by atoms with Crippen LogP contribution in [0.3, 0.4) is 0 Å². The molecule has 0 spiro atoms. The van der Waals surface area contributed by atoms with Gasteiger partial charge in [0, 0.05) is 24.2 Å². The lowest BCUT2D eigenvalue weighted by Gasteiger charge is -1.98. The Morgan fingerprint density at radius 1 is 1.60 bits per heavy atom. The van der Waals surface area contributed by atoms with E-state index in [0.29, 0.717) is 16.6 Å². The molecular formula is C10H8N2O3. The van der Waals surface area contributed by atoms with Crippen molar-refractivity contribution in [3.05, 3.63) is 29.6 Å². The van der Waals surface area contributed by atoms with Crippen LogP contribution in [-0.4, -0.2) is 27.3 Å². The van der Waals surface area contributed by atoms with Gasteiger partial charge >= 0.3 is 5.97 Å². The standard InChI is InChI=1S/C10H8N2O3/c13-4-2-6-1-3-11-9-8(6)7(5-12-9)10(14)15/h1,3-5H,2H2,(H,11,12)(H,14,15). The number of aromatic carboxylic acids is 1. The van der Waals surface area contributed by atoms with Crippen LogP contribution in [0.5, 0.6) is 0 Å². The number of carboxylic acid groups (broad SMARTS) is 1. The molecule has 2 aromatic heterocycles. The van der Waals surface area contributed by atoms with Crippen molar-refractivity contribution in [2.75, 3.05) is 0 Å². The number of aldehydes is 1. The van der Waals surface area contributed by atoms with Crippen LogP contribution < -0.4 is 0 Å². The molecule has 0 fully saturated rings. The largest absolute Gasteiger partial charge is 0.478 e. The average molecular weight is 204 g/mol. The number of hydrogen-bond donors (Lipinski definition) is 2.